The maximum absolute atomic E-state index is 11.0. The minimum Gasteiger partial charge on any atom is -0.352 e. The summed E-state index contributed by atoms with van der Waals surface area (Å²) in [5, 5.41) is 2.95. The zero-order valence-corrected chi connectivity index (χ0v) is 10.5. The first-order valence-corrected chi connectivity index (χ1v) is 6.08. The van der Waals surface area contributed by atoms with Gasteiger partial charge in [-0.1, -0.05) is 0 Å². The van der Waals surface area contributed by atoms with E-state index in [1.165, 1.54) is 0 Å². The number of nitrogens with one attached hydrogen (secondary N) is 2. The van der Waals surface area contributed by atoms with Crippen LogP contribution in [0.4, 0.5) is 5.69 Å². The maximum Gasteiger partial charge on any atom is 0.217 e. The van der Waals surface area contributed by atoms with Gasteiger partial charge in [-0.3, -0.25) is 20.5 Å². The minimum atomic E-state index is 0.0364. The van der Waals surface area contributed by atoms with Gasteiger partial charge < -0.3 is 10.7 Å². The normalized spacial score (nSPS) is 19.8. The van der Waals surface area contributed by atoms with Gasteiger partial charge in [0.15, 0.2) is 0 Å². The van der Waals surface area contributed by atoms with Crippen LogP contribution in [0.5, 0.6) is 0 Å². The van der Waals surface area contributed by atoms with Crippen LogP contribution in [0.3, 0.4) is 0 Å². The molecule has 18 heavy (non-hydrogen) atoms. The van der Waals surface area contributed by atoms with Gasteiger partial charge in [0.05, 0.1) is 11.4 Å². The van der Waals surface area contributed by atoms with Gasteiger partial charge in [0.2, 0.25) is 5.91 Å². The van der Waals surface area contributed by atoms with Crippen molar-refractivity contribution in [2.24, 2.45) is 5.84 Å². The third kappa shape index (κ3) is 3.41. The number of anilines is 1. The van der Waals surface area contributed by atoms with Crippen molar-refractivity contribution in [3.8, 4) is 0 Å². The van der Waals surface area contributed by atoms with Crippen LogP contribution < -0.4 is 16.6 Å². The lowest BCUT2D eigenvalue weighted by Crippen LogP contribution is -2.35. The SMILES string of the molecule is CC(=O)NC1CCN(Cc2cc(NN)ccn2)C1. The van der Waals surface area contributed by atoms with Crippen LogP contribution in [-0.4, -0.2) is 34.9 Å². The molecular formula is C12H19N5O. The molecule has 1 amide bonds. The Labute approximate surface area is 107 Å². The molecule has 1 aromatic rings. The summed E-state index contributed by atoms with van der Waals surface area (Å²) in [7, 11) is 0. The molecule has 1 aliphatic rings. The molecule has 1 aromatic heterocycles. The van der Waals surface area contributed by atoms with Gasteiger partial charge >= 0.3 is 0 Å². The molecule has 1 atom stereocenters. The first kappa shape index (κ1) is 12.8. The summed E-state index contributed by atoms with van der Waals surface area (Å²) < 4.78 is 0. The van der Waals surface area contributed by atoms with E-state index in [0.29, 0.717) is 0 Å². The number of nitrogens with two attached hydrogens (primary N) is 1. The molecule has 1 saturated heterocycles. The highest BCUT2D eigenvalue weighted by atomic mass is 16.1. The highest BCUT2D eigenvalue weighted by Gasteiger charge is 2.23. The number of hydrogen-bond acceptors (Lipinski definition) is 5. The largest absolute Gasteiger partial charge is 0.352 e. The van der Waals surface area contributed by atoms with E-state index in [1.807, 2.05) is 12.1 Å². The number of carbonyl (C=O) groups is 1. The van der Waals surface area contributed by atoms with Crippen molar-refractivity contribution in [2.75, 3.05) is 18.5 Å². The summed E-state index contributed by atoms with van der Waals surface area (Å²) >= 11 is 0. The lowest BCUT2D eigenvalue weighted by Gasteiger charge is -2.16. The molecule has 1 unspecified atom stereocenters. The van der Waals surface area contributed by atoms with Crippen LogP contribution in [0, 0.1) is 0 Å². The van der Waals surface area contributed by atoms with Gasteiger partial charge in [0.25, 0.3) is 0 Å². The van der Waals surface area contributed by atoms with Crippen molar-refractivity contribution in [3.05, 3.63) is 24.0 Å². The zero-order valence-electron chi connectivity index (χ0n) is 10.5. The van der Waals surface area contributed by atoms with Crippen LogP contribution in [0.25, 0.3) is 0 Å². The van der Waals surface area contributed by atoms with E-state index in [9.17, 15) is 4.79 Å². The quantitative estimate of drug-likeness (QED) is 0.520. The fourth-order valence-corrected chi connectivity index (χ4v) is 2.27. The highest BCUT2D eigenvalue weighted by molar-refractivity contribution is 5.73. The lowest BCUT2D eigenvalue weighted by molar-refractivity contribution is -0.119. The van der Waals surface area contributed by atoms with E-state index in [0.717, 1.165) is 37.4 Å². The van der Waals surface area contributed by atoms with E-state index in [2.05, 4.69) is 20.6 Å². The average Bonchev–Trinajstić information content (AvgIpc) is 2.76. The Kier molecular flexibility index (Phi) is 4.11. The van der Waals surface area contributed by atoms with E-state index >= 15 is 0 Å². The number of hydrazine groups is 1. The standard InChI is InChI=1S/C12H19N5O/c1-9(18)15-11-3-5-17(7-11)8-12-6-10(16-13)2-4-14-12/h2,4,6,11H,3,5,7-8,13H2,1H3,(H,14,16)(H,15,18). The van der Waals surface area contributed by atoms with Crippen molar-refractivity contribution < 1.29 is 4.79 Å². The van der Waals surface area contributed by atoms with Crippen molar-refractivity contribution in [1.29, 1.82) is 0 Å². The molecule has 0 radical (unpaired) electrons. The van der Waals surface area contributed by atoms with Crippen molar-refractivity contribution >= 4 is 11.6 Å². The van der Waals surface area contributed by atoms with Crippen LogP contribution in [0.1, 0.15) is 19.0 Å². The molecule has 4 N–H and O–H groups in total. The first-order chi connectivity index (χ1) is 8.67. The predicted molar refractivity (Wildman–Crippen MR) is 69.5 cm³/mol. The molecule has 0 spiro atoms. The van der Waals surface area contributed by atoms with E-state index in [1.54, 1.807) is 13.1 Å². The van der Waals surface area contributed by atoms with Crippen LogP contribution in [-0.2, 0) is 11.3 Å². The number of hydrogen-bond donors (Lipinski definition) is 3. The van der Waals surface area contributed by atoms with Crippen molar-refractivity contribution in [3.63, 3.8) is 0 Å². The van der Waals surface area contributed by atoms with Gasteiger partial charge in [-0.2, -0.15) is 0 Å². The number of carbonyl (C=O) groups excluding carboxylic acids is 1. The van der Waals surface area contributed by atoms with Gasteiger partial charge in [0.1, 0.15) is 0 Å². The van der Waals surface area contributed by atoms with Gasteiger partial charge in [-0.15, -0.1) is 0 Å². The second-order valence-electron chi connectivity index (χ2n) is 4.60. The number of likely N-dealkylation sites (tertiary alicyclic amines) is 1. The van der Waals surface area contributed by atoms with E-state index in [-0.39, 0.29) is 11.9 Å². The first-order valence-electron chi connectivity index (χ1n) is 6.08. The summed E-state index contributed by atoms with van der Waals surface area (Å²) in [5.74, 6) is 5.40. The molecule has 2 heterocycles. The van der Waals surface area contributed by atoms with Crippen LogP contribution >= 0.6 is 0 Å². The molecule has 1 aliphatic heterocycles. The van der Waals surface area contributed by atoms with Crippen LogP contribution in [0.15, 0.2) is 18.3 Å². The Morgan fingerprint density at radius 3 is 3.22 bits per heavy atom. The summed E-state index contributed by atoms with van der Waals surface area (Å²) in [6.45, 7) is 4.20. The number of nitrogen functional groups attached to an aromatic ring is 1. The predicted octanol–water partition coefficient (Wildman–Crippen LogP) is 0.0776. The average molecular weight is 249 g/mol. The third-order valence-corrected chi connectivity index (χ3v) is 3.05. The molecule has 0 aliphatic carbocycles. The molecule has 2 rings (SSSR count). The molecule has 0 saturated carbocycles. The van der Waals surface area contributed by atoms with E-state index in [4.69, 9.17) is 5.84 Å². The molecule has 1 fully saturated rings. The zero-order chi connectivity index (χ0) is 13.0. The number of nitrogens with zero attached hydrogens (tertiary/aromatic N) is 2. The summed E-state index contributed by atoms with van der Waals surface area (Å²) in [6, 6.07) is 4.03. The Morgan fingerprint density at radius 2 is 2.50 bits per heavy atom. The molecule has 6 heteroatoms. The Morgan fingerprint density at radius 1 is 1.67 bits per heavy atom. The number of pyridine rings is 1. The van der Waals surface area contributed by atoms with Crippen molar-refractivity contribution in [2.45, 2.75) is 25.9 Å². The fraction of sp³-hybridized carbons (Fsp3) is 0.500. The maximum atomic E-state index is 11.0. The van der Waals surface area contributed by atoms with E-state index < -0.39 is 0 Å². The molecule has 98 valence electrons. The monoisotopic (exact) mass is 249 g/mol. The third-order valence-electron chi connectivity index (χ3n) is 3.05. The number of amides is 1. The number of aromatic nitrogens is 1. The Hall–Kier alpha value is -1.66. The highest BCUT2D eigenvalue weighted by Crippen LogP contribution is 2.14. The summed E-state index contributed by atoms with van der Waals surface area (Å²) in [4.78, 5) is 17.6. The topological polar surface area (TPSA) is 83.3 Å². The molecule has 6 nitrogen and oxygen atoms in total. The smallest absolute Gasteiger partial charge is 0.217 e. The summed E-state index contributed by atoms with van der Waals surface area (Å²) in [6.07, 6.45) is 2.74. The van der Waals surface area contributed by atoms with Crippen LogP contribution in [0.2, 0.25) is 0 Å². The molecular weight excluding hydrogens is 230 g/mol. The molecule has 0 bridgehead atoms. The fourth-order valence-electron chi connectivity index (χ4n) is 2.27. The Balaban J connectivity index is 1.88. The van der Waals surface area contributed by atoms with Crippen molar-refractivity contribution in [1.82, 2.24) is 15.2 Å². The second kappa shape index (κ2) is 5.79. The number of rotatable bonds is 4. The van der Waals surface area contributed by atoms with Gasteiger partial charge in [0, 0.05) is 38.8 Å². The summed E-state index contributed by atoms with van der Waals surface area (Å²) in [5.41, 5.74) is 4.45. The lowest BCUT2D eigenvalue weighted by atomic mass is 10.2. The second-order valence-corrected chi connectivity index (χ2v) is 4.60. The van der Waals surface area contributed by atoms with Gasteiger partial charge in [-0.25, -0.2) is 0 Å². The van der Waals surface area contributed by atoms with Gasteiger partial charge in [-0.05, 0) is 18.6 Å². The Bertz CT molecular complexity index is 423. The molecule has 0 aromatic carbocycles. The minimum absolute atomic E-state index is 0.0364.